The summed E-state index contributed by atoms with van der Waals surface area (Å²) >= 11 is 1.64. The van der Waals surface area contributed by atoms with Gasteiger partial charge in [0.2, 0.25) is 5.91 Å². The first-order valence-electron chi connectivity index (χ1n) is 10.4. The largest absolute Gasteiger partial charge is 0.338 e. The molecule has 4 rings (SSSR count). The molecule has 3 atom stereocenters. The fourth-order valence-electron chi connectivity index (χ4n) is 5.17. The molecule has 2 fully saturated rings. The molecule has 0 unspecified atom stereocenters. The Morgan fingerprint density at radius 1 is 1.07 bits per heavy atom. The number of carbonyl (C=O) groups excluding carboxylic acids is 3. The van der Waals surface area contributed by atoms with Crippen LogP contribution in [0, 0.1) is 5.92 Å². The SMILES string of the molecule is CSCC[C@H](C(=O)N1CCC[C@H]2CCCC[C@@H]21)N1C(=O)c2ccccc2C1=O. The summed E-state index contributed by atoms with van der Waals surface area (Å²) in [7, 11) is 0. The zero-order valence-electron chi connectivity index (χ0n) is 16.4. The fourth-order valence-corrected chi connectivity index (χ4v) is 5.63. The second kappa shape index (κ2) is 8.27. The van der Waals surface area contributed by atoms with E-state index in [9.17, 15) is 14.4 Å². The molecule has 3 amide bonds. The van der Waals surface area contributed by atoms with E-state index in [4.69, 9.17) is 0 Å². The molecule has 1 aromatic rings. The van der Waals surface area contributed by atoms with Crippen molar-refractivity contribution >= 4 is 29.5 Å². The third kappa shape index (κ3) is 3.36. The molecule has 1 saturated carbocycles. The van der Waals surface area contributed by atoms with Crippen LogP contribution in [0.2, 0.25) is 0 Å². The van der Waals surface area contributed by atoms with Gasteiger partial charge in [0.1, 0.15) is 6.04 Å². The smallest absolute Gasteiger partial charge is 0.262 e. The average Bonchev–Trinajstić information content (AvgIpc) is 2.99. The summed E-state index contributed by atoms with van der Waals surface area (Å²) in [6, 6.07) is 6.49. The molecule has 1 aromatic carbocycles. The fraction of sp³-hybridized carbons (Fsp3) is 0.591. The number of thioether (sulfide) groups is 1. The Labute approximate surface area is 170 Å². The van der Waals surface area contributed by atoms with Gasteiger partial charge >= 0.3 is 0 Å². The summed E-state index contributed by atoms with van der Waals surface area (Å²) in [5, 5.41) is 0. The zero-order valence-corrected chi connectivity index (χ0v) is 17.2. The van der Waals surface area contributed by atoms with Crippen LogP contribution in [0.3, 0.4) is 0 Å². The molecule has 3 aliphatic rings. The van der Waals surface area contributed by atoms with Crippen LogP contribution in [-0.2, 0) is 4.79 Å². The Hall–Kier alpha value is -1.82. The summed E-state index contributed by atoms with van der Waals surface area (Å²) in [6.07, 6.45) is 9.36. The van der Waals surface area contributed by atoms with Crippen LogP contribution >= 0.6 is 11.8 Å². The lowest BCUT2D eigenvalue weighted by Crippen LogP contribution is -2.57. The molecule has 1 aliphatic carbocycles. The van der Waals surface area contributed by atoms with Crippen molar-refractivity contribution in [3.63, 3.8) is 0 Å². The van der Waals surface area contributed by atoms with E-state index in [1.165, 1.54) is 24.2 Å². The highest BCUT2D eigenvalue weighted by Crippen LogP contribution is 2.36. The molecule has 0 spiro atoms. The minimum atomic E-state index is -0.694. The highest BCUT2D eigenvalue weighted by Gasteiger charge is 2.46. The zero-order chi connectivity index (χ0) is 19.7. The molecule has 1 saturated heterocycles. The molecule has 150 valence electrons. The molecule has 28 heavy (non-hydrogen) atoms. The van der Waals surface area contributed by atoms with Crippen molar-refractivity contribution in [1.29, 1.82) is 0 Å². The van der Waals surface area contributed by atoms with E-state index >= 15 is 0 Å². The number of imide groups is 1. The number of hydrogen-bond donors (Lipinski definition) is 0. The van der Waals surface area contributed by atoms with E-state index in [-0.39, 0.29) is 23.8 Å². The summed E-state index contributed by atoms with van der Waals surface area (Å²) in [5.41, 5.74) is 0.840. The van der Waals surface area contributed by atoms with Crippen molar-refractivity contribution in [3.05, 3.63) is 35.4 Å². The van der Waals surface area contributed by atoms with Gasteiger partial charge in [0, 0.05) is 12.6 Å². The van der Waals surface area contributed by atoms with E-state index < -0.39 is 6.04 Å². The summed E-state index contributed by atoms with van der Waals surface area (Å²) in [4.78, 5) is 42.9. The maximum Gasteiger partial charge on any atom is 0.262 e. The van der Waals surface area contributed by atoms with Gasteiger partial charge in [-0.15, -0.1) is 0 Å². The van der Waals surface area contributed by atoms with E-state index in [0.717, 1.165) is 31.6 Å². The Morgan fingerprint density at radius 3 is 2.39 bits per heavy atom. The van der Waals surface area contributed by atoms with Gasteiger partial charge in [0.25, 0.3) is 11.8 Å². The van der Waals surface area contributed by atoms with Gasteiger partial charge in [-0.1, -0.05) is 25.0 Å². The number of rotatable bonds is 5. The first kappa shape index (κ1) is 19.5. The van der Waals surface area contributed by atoms with Gasteiger partial charge in [-0.2, -0.15) is 11.8 Å². The van der Waals surface area contributed by atoms with Crippen molar-refractivity contribution in [2.24, 2.45) is 5.92 Å². The summed E-state index contributed by atoms with van der Waals surface area (Å²) in [6.45, 7) is 0.749. The monoisotopic (exact) mass is 400 g/mol. The summed E-state index contributed by atoms with van der Waals surface area (Å²) in [5.74, 6) is 0.649. The number of amides is 3. The molecule has 0 radical (unpaired) electrons. The molecule has 5 nitrogen and oxygen atoms in total. The van der Waals surface area contributed by atoms with Crippen molar-refractivity contribution < 1.29 is 14.4 Å². The Balaban J connectivity index is 1.62. The summed E-state index contributed by atoms with van der Waals surface area (Å²) < 4.78 is 0. The lowest BCUT2D eigenvalue weighted by Gasteiger charge is -2.45. The van der Waals surface area contributed by atoms with Crippen molar-refractivity contribution in [3.8, 4) is 0 Å². The normalized spacial score (nSPS) is 25.5. The molecular weight excluding hydrogens is 372 g/mol. The molecule has 2 heterocycles. The third-order valence-corrected chi connectivity index (χ3v) is 7.19. The van der Waals surface area contributed by atoms with Crippen LogP contribution < -0.4 is 0 Å². The average molecular weight is 401 g/mol. The maximum absolute atomic E-state index is 13.7. The Kier molecular flexibility index (Phi) is 5.76. The van der Waals surface area contributed by atoms with Crippen molar-refractivity contribution in [2.75, 3.05) is 18.6 Å². The van der Waals surface area contributed by atoms with Crippen LogP contribution in [-0.4, -0.2) is 58.2 Å². The topological polar surface area (TPSA) is 57.7 Å². The number of piperidine rings is 1. The Bertz CT molecular complexity index is 744. The minimum absolute atomic E-state index is 0.0276. The molecule has 0 aromatic heterocycles. The second-order valence-electron chi connectivity index (χ2n) is 8.11. The molecule has 2 aliphatic heterocycles. The van der Waals surface area contributed by atoms with Crippen LogP contribution in [0.15, 0.2) is 24.3 Å². The molecule has 6 heteroatoms. The second-order valence-corrected chi connectivity index (χ2v) is 9.09. The van der Waals surface area contributed by atoms with Crippen LogP contribution in [0.4, 0.5) is 0 Å². The van der Waals surface area contributed by atoms with E-state index in [2.05, 4.69) is 0 Å². The van der Waals surface area contributed by atoms with Crippen molar-refractivity contribution in [1.82, 2.24) is 9.80 Å². The Morgan fingerprint density at radius 2 is 1.71 bits per heavy atom. The molecular formula is C22H28N2O3S. The lowest BCUT2D eigenvalue weighted by atomic mass is 9.78. The maximum atomic E-state index is 13.7. The number of hydrogen-bond acceptors (Lipinski definition) is 4. The van der Waals surface area contributed by atoms with Gasteiger partial charge in [0.05, 0.1) is 11.1 Å². The number of carbonyl (C=O) groups is 3. The first-order chi connectivity index (χ1) is 13.6. The van der Waals surface area contributed by atoms with Crippen molar-refractivity contribution in [2.45, 2.75) is 57.0 Å². The van der Waals surface area contributed by atoms with E-state index in [1.54, 1.807) is 36.0 Å². The standard InChI is InChI=1S/C22H28N2O3S/c1-28-14-12-19(24-20(25)16-9-3-4-10-17(16)21(24)26)22(27)23-13-6-8-15-7-2-5-11-18(15)23/h3-4,9-10,15,18-19H,2,5-8,11-14H2,1H3/t15-,18+,19-/m1/s1. The first-order valence-corrected chi connectivity index (χ1v) is 11.8. The molecule has 0 bridgehead atoms. The van der Waals surface area contributed by atoms with Crippen LogP contribution in [0.1, 0.15) is 65.7 Å². The van der Waals surface area contributed by atoms with Gasteiger partial charge < -0.3 is 4.90 Å². The van der Waals surface area contributed by atoms with E-state index in [1.807, 2.05) is 11.2 Å². The van der Waals surface area contributed by atoms with Crippen LogP contribution in [0.25, 0.3) is 0 Å². The van der Waals surface area contributed by atoms with Crippen LogP contribution in [0.5, 0.6) is 0 Å². The third-order valence-electron chi connectivity index (χ3n) is 6.54. The predicted molar refractivity (Wildman–Crippen MR) is 110 cm³/mol. The lowest BCUT2D eigenvalue weighted by molar-refractivity contribution is -0.142. The predicted octanol–water partition coefficient (Wildman–Crippen LogP) is 3.59. The number of fused-ring (bicyclic) bond motifs is 2. The number of likely N-dealkylation sites (tertiary alicyclic amines) is 1. The highest BCUT2D eigenvalue weighted by atomic mass is 32.2. The van der Waals surface area contributed by atoms with Gasteiger partial charge in [-0.25, -0.2) is 0 Å². The van der Waals surface area contributed by atoms with Gasteiger partial charge in [-0.3, -0.25) is 19.3 Å². The minimum Gasteiger partial charge on any atom is -0.338 e. The highest BCUT2D eigenvalue weighted by molar-refractivity contribution is 7.98. The van der Waals surface area contributed by atoms with Gasteiger partial charge in [-0.05, 0) is 62.2 Å². The number of benzene rings is 1. The van der Waals surface area contributed by atoms with Gasteiger partial charge in [0.15, 0.2) is 0 Å². The number of nitrogens with zero attached hydrogens (tertiary/aromatic N) is 2. The van der Waals surface area contributed by atoms with E-state index in [0.29, 0.717) is 23.5 Å². The quantitative estimate of drug-likeness (QED) is 0.709. The molecule has 0 N–H and O–H groups in total.